The zero-order valence-corrected chi connectivity index (χ0v) is 8.50. The van der Waals surface area contributed by atoms with E-state index < -0.39 is 0 Å². The fraction of sp³-hybridized carbons (Fsp3) is 0.455. The summed E-state index contributed by atoms with van der Waals surface area (Å²) in [6.07, 6.45) is 0.895. The van der Waals surface area contributed by atoms with Crippen LogP contribution in [0.1, 0.15) is 41.5 Å². The lowest BCUT2D eigenvalue weighted by molar-refractivity contribution is 0.0940. The van der Waals surface area contributed by atoms with E-state index in [1.54, 1.807) is 0 Å². The molecular weight excluding hydrogens is 176 g/mol. The molecule has 3 heteroatoms. The van der Waals surface area contributed by atoms with E-state index in [1.807, 2.05) is 12.1 Å². The van der Waals surface area contributed by atoms with Crippen molar-refractivity contribution in [2.24, 2.45) is 0 Å². The van der Waals surface area contributed by atoms with E-state index in [0.717, 1.165) is 24.2 Å². The predicted octanol–water partition coefficient (Wildman–Crippen LogP) is 1.49. The number of carbonyl (C=O) groups is 1. The second kappa shape index (κ2) is 3.40. The van der Waals surface area contributed by atoms with Gasteiger partial charge >= 0.3 is 0 Å². The van der Waals surface area contributed by atoms with Gasteiger partial charge < -0.3 is 5.32 Å². The summed E-state index contributed by atoms with van der Waals surface area (Å²) in [5.74, 6) is 0.337. The number of nitrogens with zero attached hydrogens (tertiary/aromatic N) is 1. The summed E-state index contributed by atoms with van der Waals surface area (Å²) in [5, 5.41) is 2.80. The first kappa shape index (κ1) is 9.19. The number of carbonyl (C=O) groups excluding carboxylic acids is 1. The van der Waals surface area contributed by atoms with Gasteiger partial charge in [-0.1, -0.05) is 19.9 Å². The summed E-state index contributed by atoms with van der Waals surface area (Å²) in [7, 11) is 0. The highest BCUT2D eigenvalue weighted by Gasteiger charge is 2.18. The number of amides is 1. The third-order valence-electron chi connectivity index (χ3n) is 2.49. The van der Waals surface area contributed by atoms with Crippen molar-refractivity contribution < 1.29 is 4.79 Å². The molecule has 0 bridgehead atoms. The first-order valence-corrected chi connectivity index (χ1v) is 4.96. The molecule has 74 valence electrons. The largest absolute Gasteiger partial charge is 0.350 e. The number of rotatable bonds is 1. The molecule has 0 saturated heterocycles. The summed E-state index contributed by atoms with van der Waals surface area (Å²) in [4.78, 5) is 15.9. The van der Waals surface area contributed by atoms with Gasteiger partial charge in [0.2, 0.25) is 0 Å². The summed E-state index contributed by atoms with van der Waals surface area (Å²) < 4.78 is 0. The van der Waals surface area contributed by atoms with Crippen molar-refractivity contribution in [2.45, 2.75) is 26.2 Å². The molecule has 3 nitrogen and oxygen atoms in total. The summed E-state index contributed by atoms with van der Waals surface area (Å²) in [6.45, 7) is 4.89. The van der Waals surface area contributed by atoms with Crippen LogP contribution < -0.4 is 5.32 Å². The highest BCUT2D eigenvalue weighted by atomic mass is 16.1. The Hall–Kier alpha value is -1.38. The maximum Gasteiger partial charge on any atom is 0.270 e. The zero-order chi connectivity index (χ0) is 10.1. The SMILES string of the molecule is CC(C)c1ccc2c(n1)C(=O)NCC2. The molecule has 0 atom stereocenters. The van der Waals surface area contributed by atoms with Crippen molar-refractivity contribution in [3.05, 3.63) is 29.1 Å². The molecule has 0 aromatic carbocycles. The van der Waals surface area contributed by atoms with Crippen molar-refractivity contribution in [1.82, 2.24) is 10.3 Å². The molecule has 2 heterocycles. The van der Waals surface area contributed by atoms with Crippen LogP contribution >= 0.6 is 0 Å². The van der Waals surface area contributed by atoms with Gasteiger partial charge in [0.05, 0.1) is 0 Å². The third kappa shape index (κ3) is 1.50. The minimum absolute atomic E-state index is 0.0336. The Bertz CT molecular complexity index is 372. The van der Waals surface area contributed by atoms with Crippen LogP contribution in [0.15, 0.2) is 12.1 Å². The molecule has 1 aliphatic rings. The molecule has 1 aromatic rings. The maximum atomic E-state index is 11.5. The van der Waals surface area contributed by atoms with Crippen molar-refractivity contribution in [3.63, 3.8) is 0 Å². The fourth-order valence-electron chi connectivity index (χ4n) is 1.62. The van der Waals surface area contributed by atoms with Gasteiger partial charge in [0.15, 0.2) is 0 Å². The molecule has 0 aliphatic carbocycles. The molecule has 0 spiro atoms. The van der Waals surface area contributed by atoms with Gasteiger partial charge in [-0.2, -0.15) is 0 Å². The van der Waals surface area contributed by atoms with Gasteiger partial charge in [-0.3, -0.25) is 4.79 Å². The molecule has 0 radical (unpaired) electrons. The van der Waals surface area contributed by atoms with E-state index in [1.165, 1.54) is 0 Å². The monoisotopic (exact) mass is 190 g/mol. The van der Waals surface area contributed by atoms with E-state index in [9.17, 15) is 4.79 Å². The molecule has 0 unspecified atom stereocenters. The Labute approximate surface area is 83.5 Å². The van der Waals surface area contributed by atoms with Crippen LogP contribution in [0.5, 0.6) is 0 Å². The number of aromatic nitrogens is 1. The lowest BCUT2D eigenvalue weighted by Gasteiger charge is -2.16. The molecule has 1 amide bonds. The van der Waals surface area contributed by atoms with Crippen LogP contribution in [0.25, 0.3) is 0 Å². The zero-order valence-electron chi connectivity index (χ0n) is 8.50. The van der Waals surface area contributed by atoms with E-state index in [2.05, 4.69) is 24.1 Å². The van der Waals surface area contributed by atoms with Crippen molar-refractivity contribution in [3.8, 4) is 0 Å². The van der Waals surface area contributed by atoms with Crippen LogP contribution in [0, 0.1) is 0 Å². The van der Waals surface area contributed by atoms with Gasteiger partial charge in [-0.15, -0.1) is 0 Å². The molecule has 2 rings (SSSR count). The number of nitrogens with one attached hydrogen (secondary N) is 1. The summed E-state index contributed by atoms with van der Waals surface area (Å²) in [6, 6.07) is 4.04. The molecule has 0 saturated carbocycles. The standard InChI is InChI=1S/C11H14N2O/c1-7(2)9-4-3-8-5-6-12-11(14)10(8)13-9/h3-4,7H,5-6H2,1-2H3,(H,12,14). The van der Waals surface area contributed by atoms with E-state index in [-0.39, 0.29) is 5.91 Å². The van der Waals surface area contributed by atoms with Crippen LogP contribution in [0.2, 0.25) is 0 Å². The first-order valence-electron chi connectivity index (χ1n) is 4.96. The molecule has 1 aliphatic heterocycles. The van der Waals surface area contributed by atoms with Gasteiger partial charge in [0.1, 0.15) is 5.69 Å². The highest BCUT2D eigenvalue weighted by Crippen LogP contribution is 2.17. The highest BCUT2D eigenvalue weighted by molar-refractivity contribution is 5.94. The number of hydrogen-bond acceptors (Lipinski definition) is 2. The van der Waals surface area contributed by atoms with Crippen molar-refractivity contribution >= 4 is 5.91 Å². The molecular formula is C11H14N2O. The third-order valence-corrected chi connectivity index (χ3v) is 2.49. The van der Waals surface area contributed by atoms with Crippen LogP contribution in [0.3, 0.4) is 0 Å². The summed E-state index contributed by atoms with van der Waals surface area (Å²) in [5.41, 5.74) is 2.67. The van der Waals surface area contributed by atoms with Gasteiger partial charge in [-0.25, -0.2) is 4.98 Å². The number of fused-ring (bicyclic) bond motifs is 1. The Morgan fingerprint density at radius 3 is 2.93 bits per heavy atom. The predicted molar refractivity (Wildman–Crippen MR) is 54.4 cm³/mol. The molecule has 0 fully saturated rings. The lowest BCUT2D eigenvalue weighted by Crippen LogP contribution is -2.33. The van der Waals surface area contributed by atoms with Gasteiger partial charge in [0, 0.05) is 12.2 Å². The average molecular weight is 190 g/mol. The average Bonchev–Trinajstić information content (AvgIpc) is 2.18. The smallest absolute Gasteiger partial charge is 0.270 e. The molecule has 14 heavy (non-hydrogen) atoms. The van der Waals surface area contributed by atoms with E-state index >= 15 is 0 Å². The maximum absolute atomic E-state index is 11.5. The normalized spacial score (nSPS) is 15.2. The Balaban J connectivity index is 2.46. The Kier molecular flexibility index (Phi) is 2.23. The second-order valence-electron chi connectivity index (χ2n) is 3.90. The van der Waals surface area contributed by atoms with Gasteiger partial charge in [-0.05, 0) is 24.0 Å². The number of hydrogen-bond donors (Lipinski definition) is 1. The van der Waals surface area contributed by atoms with Crippen molar-refractivity contribution in [1.29, 1.82) is 0 Å². The number of pyridine rings is 1. The quantitative estimate of drug-likeness (QED) is 0.729. The minimum atomic E-state index is -0.0336. The lowest BCUT2D eigenvalue weighted by atomic mass is 10.0. The Morgan fingerprint density at radius 2 is 2.21 bits per heavy atom. The van der Waals surface area contributed by atoms with Crippen LogP contribution in [-0.2, 0) is 6.42 Å². The topological polar surface area (TPSA) is 42.0 Å². The summed E-state index contributed by atoms with van der Waals surface area (Å²) >= 11 is 0. The van der Waals surface area contributed by atoms with Crippen LogP contribution in [-0.4, -0.2) is 17.4 Å². The van der Waals surface area contributed by atoms with Crippen LogP contribution in [0.4, 0.5) is 0 Å². The Morgan fingerprint density at radius 1 is 1.43 bits per heavy atom. The van der Waals surface area contributed by atoms with Crippen molar-refractivity contribution in [2.75, 3.05) is 6.54 Å². The molecule has 1 aromatic heterocycles. The minimum Gasteiger partial charge on any atom is -0.350 e. The second-order valence-corrected chi connectivity index (χ2v) is 3.90. The van der Waals surface area contributed by atoms with E-state index in [0.29, 0.717) is 11.6 Å². The fourth-order valence-corrected chi connectivity index (χ4v) is 1.62. The molecule has 1 N–H and O–H groups in total. The first-order chi connectivity index (χ1) is 6.68. The van der Waals surface area contributed by atoms with E-state index in [4.69, 9.17) is 0 Å². The van der Waals surface area contributed by atoms with Gasteiger partial charge in [0.25, 0.3) is 5.91 Å².